The van der Waals surface area contributed by atoms with Crippen molar-refractivity contribution < 1.29 is 14.6 Å². The van der Waals surface area contributed by atoms with Gasteiger partial charge >= 0.3 is 0 Å². The molecule has 150 valence electrons. The molecule has 7 heteroatoms. The molecule has 0 amide bonds. The highest BCUT2D eigenvalue weighted by Gasteiger charge is 2.12. The standard InChI is InChI=1S/C19H33N3O3.HI/c1-6-7-8-9-10-14(2)22-19(20-3)21-13-15-11-16(24-4)18(23)17(12-15)25-5;/h11-12,14,23H,6-10,13H2,1-5H3,(H2,20,21,22);1H. The molecule has 26 heavy (non-hydrogen) atoms. The number of methoxy groups -OCH3 is 2. The Morgan fingerprint density at radius 2 is 1.77 bits per heavy atom. The van der Waals surface area contributed by atoms with E-state index in [1.807, 2.05) is 0 Å². The van der Waals surface area contributed by atoms with Crippen LogP contribution in [0.3, 0.4) is 0 Å². The number of phenols is 1. The summed E-state index contributed by atoms with van der Waals surface area (Å²) in [4.78, 5) is 4.27. The van der Waals surface area contributed by atoms with Crippen LogP contribution in [-0.2, 0) is 6.54 Å². The van der Waals surface area contributed by atoms with Gasteiger partial charge in [0.1, 0.15) is 0 Å². The Labute approximate surface area is 174 Å². The fraction of sp³-hybridized carbons (Fsp3) is 0.632. The smallest absolute Gasteiger partial charge is 0.200 e. The van der Waals surface area contributed by atoms with Crippen LogP contribution in [0.2, 0.25) is 0 Å². The van der Waals surface area contributed by atoms with Gasteiger partial charge in [0.25, 0.3) is 0 Å². The lowest BCUT2D eigenvalue weighted by Crippen LogP contribution is -2.41. The molecule has 0 aliphatic carbocycles. The van der Waals surface area contributed by atoms with Crippen LogP contribution in [0, 0.1) is 0 Å². The van der Waals surface area contributed by atoms with Gasteiger partial charge in [-0.3, -0.25) is 4.99 Å². The van der Waals surface area contributed by atoms with Crippen molar-refractivity contribution in [3.63, 3.8) is 0 Å². The summed E-state index contributed by atoms with van der Waals surface area (Å²) in [5, 5.41) is 16.7. The molecule has 3 N–H and O–H groups in total. The Morgan fingerprint density at radius 1 is 1.15 bits per heavy atom. The van der Waals surface area contributed by atoms with Gasteiger partial charge in [-0.1, -0.05) is 32.6 Å². The first-order valence-electron chi connectivity index (χ1n) is 8.96. The SMILES string of the molecule is CCCCCCC(C)NC(=NC)NCc1cc(OC)c(O)c(OC)c1.I. The molecule has 0 saturated carbocycles. The average Bonchev–Trinajstić information content (AvgIpc) is 2.63. The molecular weight excluding hydrogens is 445 g/mol. The highest BCUT2D eigenvalue weighted by Crippen LogP contribution is 2.36. The molecule has 1 aromatic rings. The Bertz CT molecular complexity index is 528. The number of halogens is 1. The maximum atomic E-state index is 9.97. The van der Waals surface area contributed by atoms with E-state index in [1.54, 1.807) is 19.2 Å². The molecule has 0 bridgehead atoms. The van der Waals surface area contributed by atoms with Gasteiger partial charge in [-0.05, 0) is 31.0 Å². The molecule has 0 heterocycles. The lowest BCUT2D eigenvalue weighted by molar-refractivity contribution is 0.339. The van der Waals surface area contributed by atoms with Crippen molar-refractivity contribution in [2.45, 2.75) is 58.5 Å². The van der Waals surface area contributed by atoms with Gasteiger partial charge in [0.05, 0.1) is 14.2 Å². The minimum absolute atomic E-state index is 0. The van der Waals surface area contributed by atoms with Gasteiger partial charge in [0.2, 0.25) is 5.75 Å². The molecule has 0 spiro atoms. The number of aromatic hydroxyl groups is 1. The fourth-order valence-corrected chi connectivity index (χ4v) is 2.61. The zero-order valence-electron chi connectivity index (χ0n) is 16.6. The van der Waals surface area contributed by atoms with E-state index < -0.39 is 0 Å². The molecule has 1 aromatic carbocycles. The van der Waals surface area contributed by atoms with Crippen molar-refractivity contribution in [1.29, 1.82) is 0 Å². The van der Waals surface area contributed by atoms with Gasteiger partial charge in [0.15, 0.2) is 17.5 Å². The highest BCUT2D eigenvalue weighted by atomic mass is 127. The average molecular weight is 479 g/mol. The zero-order chi connectivity index (χ0) is 18.7. The summed E-state index contributed by atoms with van der Waals surface area (Å²) in [5.74, 6) is 1.55. The monoisotopic (exact) mass is 479 g/mol. The molecule has 1 unspecified atom stereocenters. The number of phenolic OH excluding ortho intramolecular Hbond substituents is 1. The maximum absolute atomic E-state index is 9.97. The predicted molar refractivity (Wildman–Crippen MR) is 118 cm³/mol. The second-order valence-electron chi connectivity index (χ2n) is 6.17. The lowest BCUT2D eigenvalue weighted by atomic mass is 10.1. The third kappa shape index (κ3) is 8.33. The van der Waals surface area contributed by atoms with Gasteiger partial charge in [-0.2, -0.15) is 0 Å². The number of aliphatic imine (C=N–C) groups is 1. The Hall–Kier alpha value is -1.38. The number of hydrogen-bond acceptors (Lipinski definition) is 4. The summed E-state index contributed by atoms with van der Waals surface area (Å²) in [7, 11) is 4.80. The van der Waals surface area contributed by atoms with Crippen LogP contribution in [0.5, 0.6) is 17.2 Å². The van der Waals surface area contributed by atoms with Gasteiger partial charge in [-0.25, -0.2) is 0 Å². The molecular formula is C19H34IN3O3. The minimum atomic E-state index is 0. The molecule has 6 nitrogen and oxygen atoms in total. The maximum Gasteiger partial charge on any atom is 0.200 e. The van der Waals surface area contributed by atoms with Crippen LogP contribution in [0.1, 0.15) is 51.5 Å². The van der Waals surface area contributed by atoms with E-state index in [0.717, 1.165) is 17.9 Å². The molecule has 0 radical (unpaired) electrons. The number of rotatable bonds is 10. The van der Waals surface area contributed by atoms with Crippen molar-refractivity contribution in [3.8, 4) is 17.2 Å². The number of hydrogen-bond donors (Lipinski definition) is 3. The van der Waals surface area contributed by atoms with E-state index in [4.69, 9.17) is 9.47 Å². The Kier molecular flexibility index (Phi) is 13.0. The van der Waals surface area contributed by atoms with Crippen LogP contribution in [0.4, 0.5) is 0 Å². The van der Waals surface area contributed by atoms with E-state index in [1.165, 1.54) is 39.9 Å². The summed E-state index contributed by atoms with van der Waals surface area (Å²) in [6.45, 7) is 4.95. The van der Waals surface area contributed by atoms with Crippen LogP contribution < -0.4 is 20.1 Å². The van der Waals surface area contributed by atoms with Crippen molar-refractivity contribution in [2.24, 2.45) is 4.99 Å². The highest BCUT2D eigenvalue weighted by molar-refractivity contribution is 14.0. The summed E-state index contributed by atoms with van der Waals surface area (Å²) in [5.41, 5.74) is 0.935. The summed E-state index contributed by atoms with van der Waals surface area (Å²) in [6, 6.07) is 3.94. The number of nitrogens with zero attached hydrogens (tertiary/aromatic N) is 1. The first-order chi connectivity index (χ1) is 12.0. The molecule has 0 aliphatic heterocycles. The summed E-state index contributed by atoms with van der Waals surface area (Å²) >= 11 is 0. The second kappa shape index (κ2) is 13.8. The third-order valence-corrected chi connectivity index (χ3v) is 4.10. The van der Waals surface area contributed by atoms with E-state index in [9.17, 15) is 5.11 Å². The molecule has 0 aromatic heterocycles. The van der Waals surface area contributed by atoms with E-state index in [2.05, 4.69) is 29.5 Å². The fourth-order valence-electron chi connectivity index (χ4n) is 2.61. The summed E-state index contributed by atoms with van der Waals surface area (Å²) < 4.78 is 10.4. The molecule has 1 rings (SSSR count). The first-order valence-corrected chi connectivity index (χ1v) is 8.96. The van der Waals surface area contributed by atoms with Crippen LogP contribution in [0.15, 0.2) is 17.1 Å². The van der Waals surface area contributed by atoms with Gasteiger partial charge in [-0.15, -0.1) is 24.0 Å². The number of benzene rings is 1. The van der Waals surface area contributed by atoms with E-state index >= 15 is 0 Å². The molecule has 0 saturated heterocycles. The number of unbranched alkanes of at least 4 members (excludes halogenated alkanes) is 3. The first kappa shape index (κ1) is 24.6. The minimum Gasteiger partial charge on any atom is -0.502 e. The lowest BCUT2D eigenvalue weighted by Gasteiger charge is -2.18. The second-order valence-corrected chi connectivity index (χ2v) is 6.17. The quantitative estimate of drug-likeness (QED) is 0.204. The van der Waals surface area contributed by atoms with Gasteiger partial charge in [0, 0.05) is 19.6 Å². The molecule has 1 atom stereocenters. The van der Waals surface area contributed by atoms with Crippen molar-refractivity contribution in [3.05, 3.63) is 17.7 Å². The molecule has 0 aliphatic rings. The van der Waals surface area contributed by atoms with Crippen LogP contribution in [-0.4, -0.2) is 38.4 Å². The topological polar surface area (TPSA) is 75.1 Å². The predicted octanol–water partition coefficient (Wildman–Crippen LogP) is 4.05. The normalized spacial score (nSPS) is 12.1. The van der Waals surface area contributed by atoms with E-state index in [-0.39, 0.29) is 29.7 Å². The largest absolute Gasteiger partial charge is 0.502 e. The molecule has 0 fully saturated rings. The zero-order valence-corrected chi connectivity index (χ0v) is 18.9. The summed E-state index contributed by atoms with van der Waals surface area (Å²) in [6.07, 6.45) is 6.18. The van der Waals surface area contributed by atoms with Crippen LogP contribution in [0.25, 0.3) is 0 Å². The number of nitrogens with one attached hydrogen (secondary N) is 2. The third-order valence-electron chi connectivity index (χ3n) is 4.10. The number of ether oxygens (including phenoxy) is 2. The van der Waals surface area contributed by atoms with E-state index in [0.29, 0.717) is 24.1 Å². The number of guanidine groups is 1. The Morgan fingerprint density at radius 3 is 2.27 bits per heavy atom. The van der Waals surface area contributed by atoms with Gasteiger partial charge < -0.3 is 25.2 Å². The van der Waals surface area contributed by atoms with Crippen LogP contribution >= 0.6 is 24.0 Å². The Balaban J connectivity index is 0.00000625. The van der Waals surface area contributed by atoms with Crippen molar-refractivity contribution in [1.82, 2.24) is 10.6 Å². The van der Waals surface area contributed by atoms with Crippen molar-refractivity contribution >= 4 is 29.9 Å². The van der Waals surface area contributed by atoms with Crippen molar-refractivity contribution in [2.75, 3.05) is 21.3 Å².